The van der Waals surface area contributed by atoms with Gasteiger partial charge in [-0.3, -0.25) is 0 Å². The second-order valence-corrected chi connectivity index (χ2v) is 2.71. The van der Waals surface area contributed by atoms with Crippen LogP contribution in [0.5, 0.6) is 0 Å². The summed E-state index contributed by atoms with van der Waals surface area (Å²) in [5.41, 5.74) is 0.953. The molecule has 0 aromatic heterocycles. The Labute approximate surface area is 70.5 Å². The fourth-order valence-corrected chi connectivity index (χ4v) is 1.23. The number of halogens is 1. The molecule has 0 fully saturated rings. The molecular weight excluding hydrogens is 155 g/mol. The second-order valence-electron chi connectivity index (χ2n) is 2.71. The lowest BCUT2D eigenvalue weighted by atomic mass is 10.2. The Bertz CT molecular complexity index is 300. The standard InChI is InChI=1S/C10H9FO/c11-9-5-3-8(4-6-9)10-2-1-7-12-10/h2-6H,1,7H2. The molecule has 2 rings (SSSR count). The molecular formula is C10H9FO. The van der Waals surface area contributed by atoms with Crippen LogP contribution in [0.1, 0.15) is 12.0 Å². The minimum Gasteiger partial charge on any atom is -0.493 e. The smallest absolute Gasteiger partial charge is 0.123 e. The van der Waals surface area contributed by atoms with Gasteiger partial charge in [-0.1, -0.05) is 0 Å². The summed E-state index contributed by atoms with van der Waals surface area (Å²) in [4.78, 5) is 0. The third-order valence-electron chi connectivity index (χ3n) is 1.83. The predicted octanol–water partition coefficient (Wildman–Crippen LogP) is 2.59. The van der Waals surface area contributed by atoms with Crippen LogP contribution in [0.4, 0.5) is 4.39 Å². The number of benzene rings is 1. The molecule has 0 radical (unpaired) electrons. The van der Waals surface area contributed by atoms with E-state index in [1.54, 1.807) is 12.1 Å². The van der Waals surface area contributed by atoms with Gasteiger partial charge in [0.15, 0.2) is 0 Å². The van der Waals surface area contributed by atoms with Crippen LogP contribution in [-0.4, -0.2) is 6.61 Å². The largest absolute Gasteiger partial charge is 0.493 e. The maximum absolute atomic E-state index is 12.5. The van der Waals surface area contributed by atoms with E-state index in [9.17, 15) is 4.39 Å². The zero-order valence-electron chi connectivity index (χ0n) is 6.59. The minimum atomic E-state index is -0.211. The molecule has 0 saturated heterocycles. The number of rotatable bonds is 1. The van der Waals surface area contributed by atoms with Crippen LogP contribution in [-0.2, 0) is 4.74 Å². The van der Waals surface area contributed by atoms with Crippen molar-refractivity contribution in [3.63, 3.8) is 0 Å². The highest BCUT2D eigenvalue weighted by molar-refractivity contribution is 5.60. The van der Waals surface area contributed by atoms with Gasteiger partial charge in [-0.2, -0.15) is 0 Å². The first-order chi connectivity index (χ1) is 5.86. The monoisotopic (exact) mass is 164 g/mol. The lowest BCUT2D eigenvalue weighted by Gasteiger charge is -2.02. The SMILES string of the molecule is Fc1ccc(C2=CCCO2)cc1. The fourth-order valence-electron chi connectivity index (χ4n) is 1.23. The molecule has 0 bridgehead atoms. The average Bonchev–Trinajstić information content (AvgIpc) is 2.58. The number of hydrogen-bond acceptors (Lipinski definition) is 1. The summed E-state index contributed by atoms with van der Waals surface area (Å²) in [5, 5.41) is 0. The Morgan fingerprint density at radius 1 is 1.17 bits per heavy atom. The molecule has 0 unspecified atom stereocenters. The van der Waals surface area contributed by atoms with Crippen LogP contribution in [0.2, 0.25) is 0 Å². The van der Waals surface area contributed by atoms with Crippen molar-refractivity contribution in [1.82, 2.24) is 0 Å². The summed E-state index contributed by atoms with van der Waals surface area (Å²) < 4.78 is 17.8. The Morgan fingerprint density at radius 3 is 2.50 bits per heavy atom. The van der Waals surface area contributed by atoms with Crippen molar-refractivity contribution < 1.29 is 9.13 Å². The van der Waals surface area contributed by atoms with Crippen molar-refractivity contribution in [1.29, 1.82) is 0 Å². The lowest BCUT2D eigenvalue weighted by molar-refractivity contribution is 0.307. The van der Waals surface area contributed by atoms with Gasteiger partial charge in [0.2, 0.25) is 0 Å². The predicted molar refractivity (Wildman–Crippen MR) is 44.9 cm³/mol. The maximum atomic E-state index is 12.5. The Kier molecular flexibility index (Phi) is 1.82. The first kappa shape index (κ1) is 7.35. The highest BCUT2D eigenvalue weighted by Crippen LogP contribution is 2.21. The summed E-state index contributed by atoms with van der Waals surface area (Å²) in [6.07, 6.45) is 2.97. The molecule has 1 aromatic rings. The van der Waals surface area contributed by atoms with Gasteiger partial charge >= 0.3 is 0 Å². The summed E-state index contributed by atoms with van der Waals surface area (Å²) in [5.74, 6) is 0.660. The highest BCUT2D eigenvalue weighted by atomic mass is 19.1. The van der Waals surface area contributed by atoms with Crippen molar-refractivity contribution >= 4 is 5.76 Å². The van der Waals surface area contributed by atoms with Crippen LogP contribution >= 0.6 is 0 Å². The van der Waals surface area contributed by atoms with Gasteiger partial charge in [-0.25, -0.2) is 4.39 Å². The van der Waals surface area contributed by atoms with Crippen molar-refractivity contribution in [2.24, 2.45) is 0 Å². The van der Waals surface area contributed by atoms with E-state index in [1.807, 2.05) is 6.08 Å². The summed E-state index contributed by atoms with van der Waals surface area (Å²) in [7, 11) is 0. The molecule has 0 atom stereocenters. The van der Waals surface area contributed by atoms with Crippen LogP contribution in [0.25, 0.3) is 5.76 Å². The van der Waals surface area contributed by atoms with Crippen molar-refractivity contribution in [2.75, 3.05) is 6.61 Å². The van der Waals surface area contributed by atoms with Crippen molar-refractivity contribution in [2.45, 2.75) is 6.42 Å². The van der Waals surface area contributed by atoms with Gasteiger partial charge in [0, 0.05) is 12.0 Å². The van der Waals surface area contributed by atoms with E-state index >= 15 is 0 Å². The molecule has 1 heterocycles. The van der Waals surface area contributed by atoms with Crippen molar-refractivity contribution in [3.8, 4) is 0 Å². The van der Waals surface area contributed by atoms with E-state index in [-0.39, 0.29) is 5.82 Å². The average molecular weight is 164 g/mol. The van der Waals surface area contributed by atoms with Crippen LogP contribution < -0.4 is 0 Å². The zero-order valence-corrected chi connectivity index (χ0v) is 6.59. The van der Waals surface area contributed by atoms with Gasteiger partial charge in [-0.05, 0) is 30.3 Å². The summed E-state index contributed by atoms with van der Waals surface area (Å²) in [6, 6.07) is 6.34. The van der Waals surface area contributed by atoms with Gasteiger partial charge in [0.25, 0.3) is 0 Å². The molecule has 1 aliphatic rings. The number of hydrogen-bond donors (Lipinski definition) is 0. The Morgan fingerprint density at radius 2 is 1.92 bits per heavy atom. The number of ether oxygens (including phenoxy) is 1. The van der Waals surface area contributed by atoms with Crippen molar-refractivity contribution in [3.05, 3.63) is 41.7 Å². The first-order valence-corrected chi connectivity index (χ1v) is 3.95. The van der Waals surface area contributed by atoms with E-state index in [1.165, 1.54) is 12.1 Å². The van der Waals surface area contributed by atoms with E-state index in [2.05, 4.69) is 0 Å². The summed E-state index contributed by atoms with van der Waals surface area (Å²) >= 11 is 0. The van der Waals surface area contributed by atoms with Gasteiger partial charge in [-0.15, -0.1) is 0 Å². The molecule has 0 saturated carbocycles. The molecule has 1 aliphatic heterocycles. The second kappa shape index (κ2) is 2.97. The molecule has 0 aliphatic carbocycles. The minimum absolute atomic E-state index is 0.211. The van der Waals surface area contributed by atoms with Crippen LogP contribution in [0.15, 0.2) is 30.3 Å². The normalized spacial score (nSPS) is 15.6. The first-order valence-electron chi connectivity index (χ1n) is 3.95. The third kappa shape index (κ3) is 1.33. The molecule has 1 nitrogen and oxygen atoms in total. The molecule has 0 amide bonds. The van der Waals surface area contributed by atoms with Crippen LogP contribution in [0.3, 0.4) is 0 Å². The van der Waals surface area contributed by atoms with Gasteiger partial charge in [0.1, 0.15) is 11.6 Å². The summed E-state index contributed by atoms with van der Waals surface area (Å²) in [6.45, 7) is 0.743. The molecule has 1 aromatic carbocycles. The highest BCUT2D eigenvalue weighted by Gasteiger charge is 2.07. The molecule has 0 spiro atoms. The zero-order chi connectivity index (χ0) is 8.39. The van der Waals surface area contributed by atoms with E-state index in [0.29, 0.717) is 0 Å². The Balaban J connectivity index is 2.28. The molecule has 0 N–H and O–H groups in total. The molecule has 12 heavy (non-hydrogen) atoms. The van der Waals surface area contributed by atoms with Gasteiger partial charge in [0.05, 0.1) is 6.61 Å². The van der Waals surface area contributed by atoms with Crippen LogP contribution in [0, 0.1) is 5.82 Å². The quantitative estimate of drug-likeness (QED) is 0.619. The molecule has 62 valence electrons. The maximum Gasteiger partial charge on any atom is 0.123 e. The third-order valence-corrected chi connectivity index (χ3v) is 1.83. The van der Waals surface area contributed by atoms with E-state index in [4.69, 9.17) is 4.74 Å². The van der Waals surface area contributed by atoms with E-state index < -0.39 is 0 Å². The Hall–Kier alpha value is -1.31. The van der Waals surface area contributed by atoms with Gasteiger partial charge < -0.3 is 4.74 Å². The molecule has 2 heteroatoms. The van der Waals surface area contributed by atoms with E-state index in [0.717, 1.165) is 24.4 Å². The topological polar surface area (TPSA) is 9.23 Å². The lowest BCUT2D eigenvalue weighted by Crippen LogP contribution is -1.85. The fraction of sp³-hybridized carbons (Fsp3) is 0.200.